The first-order chi connectivity index (χ1) is 10.2. The Bertz CT molecular complexity index is 272. The second-order valence-corrected chi connectivity index (χ2v) is 5.44. The molecule has 0 saturated heterocycles. The van der Waals surface area contributed by atoms with E-state index in [9.17, 15) is 0 Å². The van der Waals surface area contributed by atoms with E-state index < -0.39 is 0 Å². The first kappa shape index (κ1) is 22.2. The predicted molar refractivity (Wildman–Crippen MR) is 100.0 cm³/mol. The second-order valence-electron chi connectivity index (χ2n) is 5.44. The number of unbranched alkanes of at least 4 members (excludes halogenated alkanes) is 7. The fourth-order valence-electron chi connectivity index (χ4n) is 1.74. The molecule has 0 aromatic heterocycles. The van der Waals surface area contributed by atoms with E-state index in [0.717, 1.165) is 0 Å². The number of hydrogen-bond donors (Lipinski definition) is 0. The van der Waals surface area contributed by atoms with Gasteiger partial charge >= 0.3 is 0 Å². The van der Waals surface area contributed by atoms with Crippen LogP contribution < -0.4 is 0 Å². The van der Waals surface area contributed by atoms with Crippen LogP contribution in [0.3, 0.4) is 0 Å². The third-order valence-corrected chi connectivity index (χ3v) is 3.23. The van der Waals surface area contributed by atoms with Gasteiger partial charge < -0.3 is 0 Å². The van der Waals surface area contributed by atoms with Crippen molar-refractivity contribution >= 4 is 0 Å². The zero-order valence-corrected chi connectivity index (χ0v) is 15.2. The lowest BCUT2D eigenvalue weighted by Crippen LogP contribution is -1.77. The summed E-state index contributed by atoms with van der Waals surface area (Å²) < 4.78 is 0. The van der Waals surface area contributed by atoms with E-state index in [2.05, 4.69) is 32.9 Å². The van der Waals surface area contributed by atoms with Crippen LogP contribution >= 0.6 is 0 Å². The summed E-state index contributed by atoms with van der Waals surface area (Å²) >= 11 is 0. The summed E-state index contributed by atoms with van der Waals surface area (Å²) in [5, 5.41) is 0. The van der Waals surface area contributed by atoms with Crippen molar-refractivity contribution < 1.29 is 0 Å². The van der Waals surface area contributed by atoms with Gasteiger partial charge in [-0.3, -0.25) is 0 Å². The highest BCUT2D eigenvalue weighted by atomic mass is 13.9. The van der Waals surface area contributed by atoms with Crippen molar-refractivity contribution in [2.75, 3.05) is 0 Å². The third-order valence-electron chi connectivity index (χ3n) is 3.23. The number of benzene rings is 1. The summed E-state index contributed by atoms with van der Waals surface area (Å²) in [6, 6.07) is 10.3. The first-order valence-electron chi connectivity index (χ1n) is 8.81. The Morgan fingerprint density at radius 3 is 1.29 bits per heavy atom. The van der Waals surface area contributed by atoms with Crippen molar-refractivity contribution in [1.82, 2.24) is 0 Å². The number of allylic oxidation sites excluding steroid dienone is 2. The molecule has 0 nitrogen and oxygen atoms in total. The van der Waals surface area contributed by atoms with Crippen LogP contribution in [-0.2, 0) is 0 Å². The minimum atomic E-state index is 1.32. The zero-order valence-electron chi connectivity index (χ0n) is 15.2. The van der Waals surface area contributed by atoms with Crippen LogP contribution in [0.15, 0.2) is 42.5 Å². The molecule has 1 aromatic carbocycles. The standard InChI is InChI=1S/C10H22.C7H8.C4H8/c1-3-5-7-9-10-8-6-4-2;1-7-5-3-2-4-6-7;1-3-4-2/h3-10H2,1-2H3;2-6H,1H3;3-4H,1-2H3/b;;4-3-. The van der Waals surface area contributed by atoms with E-state index in [1.807, 2.05) is 44.2 Å². The molecule has 0 radical (unpaired) electrons. The third kappa shape index (κ3) is 24.4. The van der Waals surface area contributed by atoms with Gasteiger partial charge in [0.2, 0.25) is 0 Å². The summed E-state index contributed by atoms with van der Waals surface area (Å²) in [5.41, 5.74) is 1.32. The molecule has 0 amide bonds. The summed E-state index contributed by atoms with van der Waals surface area (Å²) in [6.45, 7) is 10.6. The van der Waals surface area contributed by atoms with Crippen molar-refractivity contribution in [3.63, 3.8) is 0 Å². The van der Waals surface area contributed by atoms with Crippen LogP contribution in [0.1, 0.15) is 84.6 Å². The molecule has 122 valence electrons. The van der Waals surface area contributed by atoms with Gasteiger partial charge in [0.1, 0.15) is 0 Å². The maximum atomic E-state index is 2.27. The lowest BCUT2D eigenvalue weighted by molar-refractivity contribution is 0.585. The molecule has 0 saturated carbocycles. The van der Waals surface area contributed by atoms with E-state index in [1.165, 1.54) is 56.9 Å². The number of hydrogen-bond acceptors (Lipinski definition) is 0. The molecule has 1 aromatic rings. The van der Waals surface area contributed by atoms with Gasteiger partial charge in [-0.1, -0.05) is 113 Å². The quantitative estimate of drug-likeness (QED) is 0.356. The van der Waals surface area contributed by atoms with Gasteiger partial charge in [0.25, 0.3) is 0 Å². The van der Waals surface area contributed by atoms with Crippen molar-refractivity contribution in [3.05, 3.63) is 48.0 Å². The van der Waals surface area contributed by atoms with Gasteiger partial charge in [-0.05, 0) is 20.8 Å². The molecular weight excluding hydrogens is 252 g/mol. The van der Waals surface area contributed by atoms with E-state index in [4.69, 9.17) is 0 Å². The lowest BCUT2D eigenvalue weighted by atomic mass is 10.1. The van der Waals surface area contributed by atoms with Gasteiger partial charge in [-0.15, -0.1) is 0 Å². The van der Waals surface area contributed by atoms with Crippen LogP contribution in [0.25, 0.3) is 0 Å². The second kappa shape index (κ2) is 21.3. The number of rotatable bonds is 7. The Morgan fingerprint density at radius 1 is 0.667 bits per heavy atom. The zero-order chi connectivity index (χ0) is 16.2. The van der Waals surface area contributed by atoms with Gasteiger partial charge in [0.05, 0.1) is 0 Å². The Morgan fingerprint density at radius 2 is 1.05 bits per heavy atom. The van der Waals surface area contributed by atoms with E-state index in [1.54, 1.807) is 0 Å². The topological polar surface area (TPSA) is 0 Å². The Labute approximate surface area is 134 Å². The Hall–Kier alpha value is -1.04. The molecule has 21 heavy (non-hydrogen) atoms. The van der Waals surface area contributed by atoms with Crippen molar-refractivity contribution in [1.29, 1.82) is 0 Å². The molecule has 0 heterocycles. The molecule has 1 rings (SSSR count). The number of aryl methyl sites for hydroxylation is 1. The average molecular weight is 291 g/mol. The molecule has 0 aliphatic carbocycles. The SMILES string of the molecule is C/C=C\C.CCCCCCCCCC.Cc1ccccc1. The summed E-state index contributed by atoms with van der Waals surface area (Å²) in [5.74, 6) is 0. The van der Waals surface area contributed by atoms with E-state index in [-0.39, 0.29) is 0 Å². The van der Waals surface area contributed by atoms with Crippen LogP contribution in [0, 0.1) is 6.92 Å². The van der Waals surface area contributed by atoms with E-state index in [0.29, 0.717) is 0 Å². The average Bonchev–Trinajstić information content (AvgIpc) is 2.52. The monoisotopic (exact) mass is 290 g/mol. The van der Waals surface area contributed by atoms with E-state index >= 15 is 0 Å². The van der Waals surface area contributed by atoms with Crippen LogP contribution in [0.4, 0.5) is 0 Å². The van der Waals surface area contributed by atoms with Crippen LogP contribution in [-0.4, -0.2) is 0 Å². The summed E-state index contributed by atoms with van der Waals surface area (Å²) in [4.78, 5) is 0. The molecule has 0 fully saturated rings. The van der Waals surface area contributed by atoms with Crippen LogP contribution in [0.2, 0.25) is 0 Å². The fourth-order valence-corrected chi connectivity index (χ4v) is 1.74. The molecular formula is C21H38. The molecule has 0 aliphatic rings. The minimum Gasteiger partial charge on any atom is -0.0919 e. The highest BCUT2D eigenvalue weighted by molar-refractivity contribution is 5.11. The molecule has 0 bridgehead atoms. The molecule has 0 atom stereocenters. The maximum Gasteiger partial charge on any atom is -0.0398 e. The largest absolute Gasteiger partial charge is 0.0919 e. The maximum absolute atomic E-state index is 2.27. The molecule has 0 N–H and O–H groups in total. The molecule has 0 spiro atoms. The summed E-state index contributed by atoms with van der Waals surface area (Å²) in [6.07, 6.45) is 15.5. The van der Waals surface area contributed by atoms with Crippen molar-refractivity contribution in [2.24, 2.45) is 0 Å². The van der Waals surface area contributed by atoms with Gasteiger partial charge in [0, 0.05) is 0 Å². The summed E-state index contributed by atoms with van der Waals surface area (Å²) in [7, 11) is 0. The molecule has 0 heteroatoms. The van der Waals surface area contributed by atoms with Gasteiger partial charge in [-0.2, -0.15) is 0 Å². The predicted octanol–water partition coefficient (Wildman–Crippen LogP) is 7.72. The minimum absolute atomic E-state index is 1.32. The fraction of sp³-hybridized carbons (Fsp3) is 0.619. The Balaban J connectivity index is 0. The lowest BCUT2D eigenvalue weighted by Gasteiger charge is -1.97. The van der Waals surface area contributed by atoms with Crippen LogP contribution in [0.5, 0.6) is 0 Å². The molecule has 0 unspecified atom stereocenters. The highest BCUT2D eigenvalue weighted by Gasteiger charge is 1.87. The molecule has 0 aliphatic heterocycles. The smallest absolute Gasteiger partial charge is 0.0398 e. The van der Waals surface area contributed by atoms with Gasteiger partial charge in [-0.25, -0.2) is 0 Å². The Kier molecular flexibility index (Phi) is 22.5. The normalized spacial score (nSPS) is 9.57. The highest BCUT2D eigenvalue weighted by Crippen LogP contribution is 2.07. The van der Waals surface area contributed by atoms with Gasteiger partial charge in [0.15, 0.2) is 0 Å². The van der Waals surface area contributed by atoms with Crippen molar-refractivity contribution in [2.45, 2.75) is 86.0 Å². The van der Waals surface area contributed by atoms with Crippen molar-refractivity contribution in [3.8, 4) is 0 Å². The first-order valence-corrected chi connectivity index (χ1v) is 8.81.